The third kappa shape index (κ3) is 5.53. The summed E-state index contributed by atoms with van der Waals surface area (Å²) >= 11 is 0. The third-order valence-electron chi connectivity index (χ3n) is 4.96. The average Bonchev–Trinajstić information content (AvgIpc) is 2.66. The molecular weight excluding hydrogens is 402 g/mol. The monoisotopic (exact) mass is 431 g/mol. The molecule has 0 aromatic heterocycles. The van der Waals surface area contributed by atoms with Gasteiger partial charge >= 0.3 is 0 Å². The van der Waals surface area contributed by atoms with Gasteiger partial charge in [0, 0.05) is 32.7 Å². The van der Waals surface area contributed by atoms with E-state index in [0.29, 0.717) is 32.5 Å². The first-order chi connectivity index (χ1) is 13.1. The summed E-state index contributed by atoms with van der Waals surface area (Å²) in [6, 6.07) is 6.45. The number of carbonyl (C=O) groups excluding carboxylic acids is 1. The maximum absolute atomic E-state index is 12.5. The average molecular weight is 432 g/mol. The first-order valence-corrected chi connectivity index (χ1v) is 12.7. The highest BCUT2D eigenvalue weighted by atomic mass is 32.2. The van der Waals surface area contributed by atoms with Gasteiger partial charge in [0.05, 0.1) is 17.1 Å². The number of rotatable bonds is 8. The first-order valence-electron chi connectivity index (χ1n) is 9.41. The van der Waals surface area contributed by atoms with Crippen molar-refractivity contribution in [3.63, 3.8) is 0 Å². The summed E-state index contributed by atoms with van der Waals surface area (Å²) in [5.41, 5.74) is 0.780. The molecule has 1 N–H and O–H groups in total. The molecule has 1 aromatic carbocycles. The largest absolute Gasteiger partial charge is 0.352 e. The molecule has 1 saturated heterocycles. The maximum atomic E-state index is 12.5. The quantitative estimate of drug-likeness (QED) is 0.661. The molecule has 1 aliphatic rings. The molecule has 1 heterocycles. The smallest absolute Gasteiger partial charge is 0.243 e. The second-order valence-corrected chi connectivity index (χ2v) is 10.8. The van der Waals surface area contributed by atoms with Crippen molar-refractivity contribution >= 4 is 26.0 Å². The first kappa shape index (κ1) is 22.8. The Labute approximate surface area is 168 Å². The summed E-state index contributed by atoms with van der Waals surface area (Å²) in [7, 11) is -6.80. The summed E-state index contributed by atoms with van der Waals surface area (Å²) < 4.78 is 51.1. The van der Waals surface area contributed by atoms with Crippen LogP contribution in [0.15, 0.2) is 29.2 Å². The Kier molecular flexibility index (Phi) is 7.60. The molecule has 28 heavy (non-hydrogen) atoms. The van der Waals surface area contributed by atoms with Crippen LogP contribution in [0.3, 0.4) is 0 Å². The summed E-state index contributed by atoms with van der Waals surface area (Å²) in [4.78, 5) is 12.6. The van der Waals surface area contributed by atoms with Crippen LogP contribution in [0.2, 0.25) is 0 Å². The zero-order chi connectivity index (χ0) is 20.9. The lowest BCUT2D eigenvalue weighted by Gasteiger charge is -2.30. The molecule has 1 aromatic rings. The molecule has 1 unspecified atom stereocenters. The van der Waals surface area contributed by atoms with E-state index >= 15 is 0 Å². The highest BCUT2D eigenvalue weighted by molar-refractivity contribution is 7.89. The number of benzene rings is 1. The molecule has 1 amide bonds. The Morgan fingerprint density at radius 3 is 2.29 bits per heavy atom. The predicted molar refractivity (Wildman–Crippen MR) is 108 cm³/mol. The van der Waals surface area contributed by atoms with Gasteiger partial charge in [-0.3, -0.25) is 4.79 Å². The van der Waals surface area contributed by atoms with E-state index in [4.69, 9.17) is 0 Å². The normalized spacial score (nSPS) is 18.9. The lowest BCUT2D eigenvalue weighted by atomic mass is 9.99. The lowest BCUT2D eigenvalue weighted by molar-refractivity contribution is -0.126. The summed E-state index contributed by atoms with van der Waals surface area (Å²) in [5.74, 6) is -0.556. The van der Waals surface area contributed by atoms with Gasteiger partial charge in [0.15, 0.2) is 0 Å². The zero-order valence-corrected chi connectivity index (χ0v) is 18.2. The Hall–Kier alpha value is -1.49. The van der Waals surface area contributed by atoms with Crippen LogP contribution < -0.4 is 5.32 Å². The van der Waals surface area contributed by atoms with Crippen molar-refractivity contribution in [3.05, 3.63) is 29.8 Å². The minimum Gasteiger partial charge on any atom is -0.352 e. The van der Waals surface area contributed by atoms with Crippen LogP contribution in [0.1, 0.15) is 32.3 Å². The minimum absolute atomic E-state index is 0.187. The van der Waals surface area contributed by atoms with E-state index in [1.807, 2.05) is 0 Å². The molecule has 1 fully saturated rings. The molecule has 0 aliphatic carbocycles. The number of piperidine rings is 1. The van der Waals surface area contributed by atoms with Crippen LogP contribution in [-0.2, 0) is 31.4 Å². The molecule has 8 nitrogen and oxygen atoms in total. The highest BCUT2D eigenvalue weighted by Gasteiger charge is 2.30. The fourth-order valence-electron chi connectivity index (χ4n) is 3.28. The molecule has 0 bridgehead atoms. The SMILES string of the molecule is CCN(CC)S(=O)(=O)c1ccc(CNC(=O)C2CCCN(S(C)(=O)=O)C2)cc1. The molecule has 0 radical (unpaired) electrons. The van der Waals surface area contributed by atoms with Crippen molar-refractivity contribution in [2.45, 2.75) is 38.1 Å². The van der Waals surface area contributed by atoms with E-state index in [9.17, 15) is 21.6 Å². The third-order valence-corrected chi connectivity index (χ3v) is 8.29. The van der Waals surface area contributed by atoms with Crippen LogP contribution >= 0.6 is 0 Å². The molecule has 1 aliphatic heterocycles. The molecule has 2 rings (SSSR count). The number of nitrogens with one attached hydrogen (secondary N) is 1. The summed E-state index contributed by atoms with van der Waals surface area (Å²) in [6.45, 7) is 5.31. The molecule has 0 saturated carbocycles. The minimum atomic E-state index is -3.50. The van der Waals surface area contributed by atoms with Gasteiger partial charge in [0.25, 0.3) is 0 Å². The second-order valence-electron chi connectivity index (χ2n) is 6.91. The molecule has 10 heteroatoms. The number of sulfonamides is 2. The number of amides is 1. The number of carbonyl (C=O) groups is 1. The molecular formula is C18H29N3O5S2. The van der Waals surface area contributed by atoms with Gasteiger partial charge in [-0.2, -0.15) is 4.31 Å². The standard InChI is InChI=1S/C18H29N3O5S2/c1-4-20(5-2)28(25,26)17-10-8-15(9-11-17)13-19-18(22)16-7-6-12-21(14-16)27(3,23)24/h8-11,16H,4-7,12-14H2,1-3H3,(H,19,22). The summed E-state index contributed by atoms with van der Waals surface area (Å²) in [5, 5.41) is 2.82. The zero-order valence-electron chi connectivity index (χ0n) is 16.6. The predicted octanol–water partition coefficient (Wildman–Crippen LogP) is 1.00. The lowest BCUT2D eigenvalue weighted by Crippen LogP contribution is -2.44. The van der Waals surface area contributed by atoms with Crippen molar-refractivity contribution in [1.29, 1.82) is 0 Å². The summed E-state index contributed by atoms with van der Waals surface area (Å²) in [6.07, 6.45) is 2.46. The van der Waals surface area contributed by atoms with Crippen molar-refractivity contribution < 1.29 is 21.6 Å². The van der Waals surface area contributed by atoms with Crippen molar-refractivity contribution in [2.75, 3.05) is 32.4 Å². The van der Waals surface area contributed by atoms with Gasteiger partial charge < -0.3 is 5.32 Å². The van der Waals surface area contributed by atoms with Crippen LogP contribution in [0, 0.1) is 5.92 Å². The fraction of sp³-hybridized carbons (Fsp3) is 0.611. The van der Waals surface area contributed by atoms with Crippen LogP contribution in [0.4, 0.5) is 0 Å². The molecule has 158 valence electrons. The Balaban J connectivity index is 1.97. The van der Waals surface area contributed by atoms with E-state index in [1.54, 1.807) is 38.1 Å². The molecule has 0 spiro atoms. The Morgan fingerprint density at radius 1 is 1.14 bits per heavy atom. The van der Waals surface area contributed by atoms with Crippen molar-refractivity contribution in [2.24, 2.45) is 5.92 Å². The van der Waals surface area contributed by atoms with Crippen LogP contribution in [0.5, 0.6) is 0 Å². The Morgan fingerprint density at radius 2 is 1.75 bits per heavy atom. The van der Waals surface area contributed by atoms with E-state index in [2.05, 4.69) is 5.32 Å². The van der Waals surface area contributed by atoms with Crippen LogP contribution in [0.25, 0.3) is 0 Å². The van der Waals surface area contributed by atoms with E-state index < -0.39 is 20.0 Å². The van der Waals surface area contributed by atoms with E-state index in [1.165, 1.54) is 8.61 Å². The van der Waals surface area contributed by atoms with E-state index in [-0.39, 0.29) is 29.8 Å². The highest BCUT2D eigenvalue weighted by Crippen LogP contribution is 2.19. The second kappa shape index (κ2) is 9.34. The van der Waals surface area contributed by atoms with Crippen molar-refractivity contribution in [1.82, 2.24) is 13.9 Å². The van der Waals surface area contributed by atoms with Gasteiger partial charge in [-0.05, 0) is 30.5 Å². The number of nitrogens with zero attached hydrogens (tertiary/aromatic N) is 2. The van der Waals surface area contributed by atoms with Crippen molar-refractivity contribution in [3.8, 4) is 0 Å². The topological polar surface area (TPSA) is 104 Å². The van der Waals surface area contributed by atoms with E-state index in [0.717, 1.165) is 11.8 Å². The maximum Gasteiger partial charge on any atom is 0.243 e. The fourth-order valence-corrected chi connectivity index (χ4v) is 5.65. The molecule has 1 atom stereocenters. The van der Waals surface area contributed by atoms with Gasteiger partial charge in [-0.15, -0.1) is 0 Å². The van der Waals surface area contributed by atoms with Crippen LogP contribution in [-0.4, -0.2) is 63.8 Å². The van der Waals surface area contributed by atoms with Gasteiger partial charge in [0.1, 0.15) is 0 Å². The van der Waals surface area contributed by atoms with Gasteiger partial charge in [-0.1, -0.05) is 26.0 Å². The number of hydrogen-bond donors (Lipinski definition) is 1. The van der Waals surface area contributed by atoms with Gasteiger partial charge in [-0.25, -0.2) is 21.1 Å². The Bertz CT molecular complexity index is 878. The van der Waals surface area contributed by atoms with Gasteiger partial charge in [0.2, 0.25) is 26.0 Å². The number of hydrogen-bond acceptors (Lipinski definition) is 5.